The molecule has 0 bridgehead atoms. The summed E-state index contributed by atoms with van der Waals surface area (Å²) in [5.41, 5.74) is 5.52. The van der Waals surface area contributed by atoms with Crippen molar-refractivity contribution in [3.8, 4) is 11.3 Å². The Morgan fingerprint density at radius 1 is 1.15 bits per heavy atom. The fourth-order valence-electron chi connectivity index (χ4n) is 2.90. The number of amides is 1. The van der Waals surface area contributed by atoms with Crippen LogP contribution in [-0.2, 0) is 20.0 Å². The Hall–Kier alpha value is -3.02. The molecule has 1 aromatic carbocycles. The molecule has 6 heteroatoms. The summed E-state index contributed by atoms with van der Waals surface area (Å²) in [5, 5.41) is 7.14. The molecule has 0 unspecified atom stereocenters. The van der Waals surface area contributed by atoms with Gasteiger partial charge in [-0.15, -0.1) is 0 Å². The van der Waals surface area contributed by atoms with Gasteiger partial charge in [-0.2, -0.15) is 5.10 Å². The maximum absolute atomic E-state index is 12.4. The van der Waals surface area contributed by atoms with Gasteiger partial charge in [0.05, 0.1) is 11.9 Å². The van der Waals surface area contributed by atoms with Crippen molar-refractivity contribution in [2.75, 3.05) is 0 Å². The van der Waals surface area contributed by atoms with E-state index in [0.29, 0.717) is 12.1 Å². The van der Waals surface area contributed by atoms with Crippen LogP contribution in [0.2, 0.25) is 0 Å². The molecule has 0 saturated heterocycles. The Kier molecular flexibility index (Phi) is 5.64. The lowest BCUT2D eigenvalue weighted by Crippen LogP contribution is -2.23. The molecule has 0 aliphatic rings. The zero-order valence-corrected chi connectivity index (χ0v) is 16.3. The number of rotatable bonds is 6. The fraction of sp³-hybridized carbons (Fsp3) is 0.333. The van der Waals surface area contributed by atoms with Crippen LogP contribution in [0.5, 0.6) is 0 Å². The molecule has 140 valence electrons. The molecule has 0 radical (unpaired) electrons. The number of aromatic nitrogens is 4. The molecule has 0 spiro atoms. The van der Waals surface area contributed by atoms with Crippen molar-refractivity contribution in [1.82, 2.24) is 25.1 Å². The molecular formula is C21H25N5O. The van der Waals surface area contributed by atoms with Crippen LogP contribution in [0.1, 0.15) is 46.5 Å². The standard InChI is InChI=1S/C21H25N5O/c1-5-6-20-24-14(2)11-19(25-20)16-7-9-17(10-8-16)21(27)22-12-18-13-23-26(4)15(18)3/h7-11,13H,5-6,12H2,1-4H3,(H,22,27). The summed E-state index contributed by atoms with van der Waals surface area (Å²) < 4.78 is 1.80. The zero-order chi connectivity index (χ0) is 19.4. The van der Waals surface area contributed by atoms with Gasteiger partial charge in [-0.1, -0.05) is 19.1 Å². The quantitative estimate of drug-likeness (QED) is 0.729. The summed E-state index contributed by atoms with van der Waals surface area (Å²) in [4.78, 5) is 21.5. The van der Waals surface area contributed by atoms with E-state index in [9.17, 15) is 4.79 Å². The highest BCUT2D eigenvalue weighted by Gasteiger charge is 2.10. The largest absolute Gasteiger partial charge is 0.348 e. The van der Waals surface area contributed by atoms with Crippen molar-refractivity contribution in [2.45, 2.75) is 40.2 Å². The predicted molar refractivity (Wildman–Crippen MR) is 105 cm³/mol. The Morgan fingerprint density at radius 2 is 1.89 bits per heavy atom. The first kappa shape index (κ1) is 18.8. The van der Waals surface area contributed by atoms with Gasteiger partial charge in [0.2, 0.25) is 0 Å². The molecule has 27 heavy (non-hydrogen) atoms. The second-order valence-corrected chi connectivity index (χ2v) is 6.70. The minimum atomic E-state index is -0.102. The van der Waals surface area contributed by atoms with Crippen LogP contribution in [0.3, 0.4) is 0 Å². The van der Waals surface area contributed by atoms with Crippen LogP contribution in [0.25, 0.3) is 11.3 Å². The van der Waals surface area contributed by atoms with E-state index in [2.05, 4.69) is 27.3 Å². The molecule has 2 heterocycles. The molecule has 6 nitrogen and oxygen atoms in total. The van der Waals surface area contributed by atoms with E-state index in [1.807, 2.05) is 51.2 Å². The summed E-state index contributed by atoms with van der Waals surface area (Å²) in [7, 11) is 1.89. The summed E-state index contributed by atoms with van der Waals surface area (Å²) in [5.74, 6) is 0.761. The Bertz CT molecular complexity index is 944. The molecule has 0 fully saturated rings. The normalized spacial score (nSPS) is 10.8. The number of carbonyl (C=O) groups excluding carboxylic acids is 1. The minimum absolute atomic E-state index is 0.102. The van der Waals surface area contributed by atoms with E-state index < -0.39 is 0 Å². The Balaban J connectivity index is 1.71. The van der Waals surface area contributed by atoms with Gasteiger partial charge in [-0.25, -0.2) is 9.97 Å². The first-order valence-electron chi connectivity index (χ1n) is 9.18. The van der Waals surface area contributed by atoms with Crippen LogP contribution in [0, 0.1) is 13.8 Å². The lowest BCUT2D eigenvalue weighted by Gasteiger charge is -2.08. The van der Waals surface area contributed by atoms with Gasteiger partial charge >= 0.3 is 0 Å². The molecule has 3 rings (SSSR count). The highest BCUT2D eigenvalue weighted by atomic mass is 16.1. The van der Waals surface area contributed by atoms with Crippen LogP contribution in [0.4, 0.5) is 0 Å². The molecule has 3 aromatic rings. The second kappa shape index (κ2) is 8.12. The Labute approximate surface area is 159 Å². The SMILES string of the molecule is CCCc1nc(C)cc(-c2ccc(C(=O)NCc3cnn(C)c3C)cc2)n1. The maximum atomic E-state index is 12.4. The molecular weight excluding hydrogens is 338 g/mol. The molecule has 0 aliphatic carbocycles. The third kappa shape index (κ3) is 4.39. The number of aryl methyl sites for hydroxylation is 3. The van der Waals surface area contributed by atoms with Crippen molar-refractivity contribution in [3.05, 3.63) is 64.9 Å². The van der Waals surface area contributed by atoms with Crippen LogP contribution in [-0.4, -0.2) is 25.7 Å². The molecule has 1 amide bonds. The molecule has 2 aromatic heterocycles. The van der Waals surface area contributed by atoms with E-state index in [1.54, 1.807) is 10.9 Å². The van der Waals surface area contributed by atoms with Gasteiger partial charge in [0.1, 0.15) is 5.82 Å². The average molecular weight is 363 g/mol. The lowest BCUT2D eigenvalue weighted by molar-refractivity contribution is 0.0951. The van der Waals surface area contributed by atoms with Gasteiger partial charge < -0.3 is 5.32 Å². The topological polar surface area (TPSA) is 72.7 Å². The second-order valence-electron chi connectivity index (χ2n) is 6.70. The first-order chi connectivity index (χ1) is 13.0. The molecule has 0 atom stereocenters. The molecule has 0 aliphatic heterocycles. The summed E-state index contributed by atoms with van der Waals surface area (Å²) in [6, 6.07) is 9.50. The minimum Gasteiger partial charge on any atom is -0.348 e. The molecule has 1 N–H and O–H groups in total. The molecule has 0 saturated carbocycles. The van der Waals surface area contributed by atoms with Crippen molar-refractivity contribution in [2.24, 2.45) is 7.05 Å². The third-order valence-electron chi connectivity index (χ3n) is 4.59. The fourth-order valence-corrected chi connectivity index (χ4v) is 2.90. The average Bonchev–Trinajstić information content (AvgIpc) is 2.98. The van der Waals surface area contributed by atoms with Gasteiger partial charge in [-0.05, 0) is 38.5 Å². The van der Waals surface area contributed by atoms with E-state index in [-0.39, 0.29) is 5.91 Å². The van der Waals surface area contributed by atoms with Crippen molar-refractivity contribution in [3.63, 3.8) is 0 Å². The van der Waals surface area contributed by atoms with Gasteiger partial charge in [0.25, 0.3) is 5.91 Å². The number of hydrogen-bond acceptors (Lipinski definition) is 4. The van der Waals surface area contributed by atoms with Crippen molar-refractivity contribution in [1.29, 1.82) is 0 Å². The highest BCUT2D eigenvalue weighted by molar-refractivity contribution is 5.94. The summed E-state index contributed by atoms with van der Waals surface area (Å²) in [6.45, 7) is 6.55. The van der Waals surface area contributed by atoms with Crippen LogP contribution < -0.4 is 5.32 Å². The first-order valence-corrected chi connectivity index (χ1v) is 9.18. The smallest absolute Gasteiger partial charge is 0.251 e. The Morgan fingerprint density at radius 3 is 2.52 bits per heavy atom. The van der Waals surface area contributed by atoms with Gasteiger partial charge in [0, 0.05) is 48.1 Å². The zero-order valence-electron chi connectivity index (χ0n) is 16.3. The van der Waals surface area contributed by atoms with E-state index in [1.165, 1.54) is 0 Å². The lowest BCUT2D eigenvalue weighted by atomic mass is 10.1. The van der Waals surface area contributed by atoms with E-state index >= 15 is 0 Å². The van der Waals surface area contributed by atoms with Gasteiger partial charge in [0.15, 0.2) is 0 Å². The summed E-state index contributed by atoms with van der Waals surface area (Å²) >= 11 is 0. The summed E-state index contributed by atoms with van der Waals surface area (Å²) in [6.07, 6.45) is 3.66. The highest BCUT2D eigenvalue weighted by Crippen LogP contribution is 2.19. The van der Waals surface area contributed by atoms with Crippen LogP contribution in [0.15, 0.2) is 36.5 Å². The number of hydrogen-bond donors (Lipinski definition) is 1. The number of nitrogens with one attached hydrogen (secondary N) is 1. The number of benzene rings is 1. The monoisotopic (exact) mass is 363 g/mol. The van der Waals surface area contributed by atoms with Gasteiger partial charge in [-0.3, -0.25) is 9.48 Å². The van der Waals surface area contributed by atoms with Crippen LogP contribution >= 0.6 is 0 Å². The van der Waals surface area contributed by atoms with Crippen molar-refractivity contribution >= 4 is 5.91 Å². The maximum Gasteiger partial charge on any atom is 0.251 e. The number of nitrogens with zero attached hydrogens (tertiary/aromatic N) is 4. The van der Waals surface area contributed by atoms with Crippen molar-refractivity contribution < 1.29 is 4.79 Å². The van der Waals surface area contributed by atoms with E-state index in [0.717, 1.165) is 46.9 Å². The van der Waals surface area contributed by atoms with E-state index in [4.69, 9.17) is 0 Å². The number of carbonyl (C=O) groups is 1. The third-order valence-corrected chi connectivity index (χ3v) is 4.59. The predicted octanol–water partition coefficient (Wildman–Crippen LogP) is 3.38.